The smallest absolute Gasteiger partial charge is 0.271 e. The molecule has 1 N–H and O–H groups in total. The van der Waals surface area contributed by atoms with E-state index in [4.69, 9.17) is 11.6 Å². The van der Waals surface area contributed by atoms with Gasteiger partial charge in [-0.15, -0.1) is 11.3 Å². The molecule has 0 bridgehead atoms. The fourth-order valence-corrected chi connectivity index (χ4v) is 3.30. The van der Waals surface area contributed by atoms with Crippen LogP contribution in [0.15, 0.2) is 5.38 Å². The monoisotopic (exact) mass is 266 g/mol. The van der Waals surface area contributed by atoms with Gasteiger partial charge in [0.15, 0.2) is 14.3 Å². The van der Waals surface area contributed by atoms with Crippen LogP contribution in [0.2, 0.25) is 4.47 Å². The number of carbonyl (C=O) groups is 1. The van der Waals surface area contributed by atoms with Crippen LogP contribution in [0, 0.1) is 0 Å². The number of aromatic nitrogens is 1. The molecule has 1 amide bonds. The van der Waals surface area contributed by atoms with Crippen molar-refractivity contribution < 1.29 is 13.2 Å². The van der Waals surface area contributed by atoms with E-state index in [1.54, 1.807) is 0 Å². The topological polar surface area (TPSA) is 76.1 Å². The van der Waals surface area contributed by atoms with Crippen molar-refractivity contribution in [2.75, 3.05) is 11.5 Å². The van der Waals surface area contributed by atoms with Gasteiger partial charge in [-0.2, -0.15) is 0 Å². The molecule has 5 nitrogen and oxygen atoms in total. The second-order valence-corrected chi connectivity index (χ2v) is 6.83. The van der Waals surface area contributed by atoms with Gasteiger partial charge in [-0.25, -0.2) is 13.4 Å². The largest absolute Gasteiger partial charge is 0.346 e. The number of hydrogen-bond donors (Lipinski definition) is 1. The Balaban J connectivity index is 1.94. The standard InChI is InChI=1S/C7H7ClN2O3S2/c8-7-10-5(1-14-7)6(11)9-4-2-15(12,13)3-4/h1,4H,2-3H2,(H,9,11). The Morgan fingerprint density at radius 1 is 1.60 bits per heavy atom. The number of amides is 1. The molecule has 0 radical (unpaired) electrons. The van der Waals surface area contributed by atoms with E-state index in [-0.39, 0.29) is 29.1 Å². The first-order valence-electron chi connectivity index (χ1n) is 4.08. The zero-order valence-corrected chi connectivity index (χ0v) is 9.82. The average Bonchev–Trinajstić information content (AvgIpc) is 2.48. The molecule has 1 aliphatic rings. The summed E-state index contributed by atoms with van der Waals surface area (Å²) in [5.74, 6) is -0.356. The summed E-state index contributed by atoms with van der Waals surface area (Å²) in [5.41, 5.74) is 0.231. The van der Waals surface area contributed by atoms with Crippen molar-refractivity contribution in [3.63, 3.8) is 0 Å². The van der Waals surface area contributed by atoms with Gasteiger partial charge in [0.05, 0.1) is 17.5 Å². The third-order valence-electron chi connectivity index (χ3n) is 1.95. The Morgan fingerprint density at radius 2 is 2.27 bits per heavy atom. The highest BCUT2D eigenvalue weighted by Crippen LogP contribution is 2.16. The van der Waals surface area contributed by atoms with Crippen LogP contribution in [0.4, 0.5) is 0 Å². The molecule has 0 aliphatic carbocycles. The summed E-state index contributed by atoms with van der Waals surface area (Å²) in [5, 5.41) is 4.10. The molecule has 2 heterocycles. The highest BCUT2D eigenvalue weighted by atomic mass is 35.5. The van der Waals surface area contributed by atoms with Crippen LogP contribution in [-0.2, 0) is 9.84 Å². The first kappa shape index (κ1) is 10.8. The second kappa shape index (κ2) is 3.73. The molecule has 1 saturated heterocycles. The molecule has 1 aliphatic heterocycles. The zero-order valence-electron chi connectivity index (χ0n) is 7.44. The summed E-state index contributed by atoms with van der Waals surface area (Å²) in [4.78, 5) is 15.2. The van der Waals surface area contributed by atoms with Crippen LogP contribution in [0.1, 0.15) is 10.5 Å². The Bertz CT molecular complexity index is 484. The van der Waals surface area contributed by atoms with Gasteiger partial charge in [-0.3, -0.25) is 4.79 Å². The van der Waals surface area contributed by atoms with E-state index in [9.17, 15) is 13.2 Å². The summed E-state index contributed by atoms with van der Waals surface area (Å²) in [7, 11) is -2.91. The molecular weight excluding hydrogens is 260 g/mol. The van der Waals surface area contributed by atoms with E-state index >= 15 is 0 Å². The van der Waals surface area contributed by atoms with Crippen molar-refractivity contribution in [3.8, 4) is 0 Å². The molecule has 1 aromatic heterocycles. The van der Waals surface area contributed by atoms with Gasteiger partial charge < -0.3 is 5.32 Å². The maximum Gasteiger partial charge on any atom is 0.271 e. The van der Waals surface area contributed by atoms with Gasteiger partial charge >= 0.3 is 0 Å². The summed E-state index contributed by atoms with van der Waals surface area (Å²) in [6, 6.07) is -0.289. The van der Waals surface area contributed by atoms with Crippen molar-refractivity contribution in [2.24, 2.45) is 0 Å². The highest BCUT2D eigenvalue weighted by Gasteiger charge is 2.34. The third kappa shape index (κ3) is 2.47. The van der Waals surface area contributed by atoms with Gasteiger partial charge in [0.25, 0.3) is 5.91 Å². The molecule has 15 heavy (non-hydrogen) atoms. The van der Waals surface area contributed by atoms with E-state index in [2.05, 4.69) is 10.3 Å². The quantitative estimate of drug-likeness (QED) is 0.837. The lowest BCUT2D eigenvalue weighted by Crippen LogP contribution is -2.53. The first-order valence-corrected chi connectivity index (χ1v) is 7.16. The summed E-state index contributed by atoms with van der Waals surface area (Å²) in [6.07, 6.45) is 0. The lowest BCUT2D eigenvalue weighted by Gasteiger charge is -2.26. The fourth-order valence-electron chi connectivity index (χ4n) is 1.26. The fraction of sp³-hybridized carbons (Fsp3) is 0.429. The molecule has 8 heteroatoms. The molecular formula is C7H7ClN2O3S2. The minimum absolute atomic E-state index is 0.0105. The summed E-state index contributed by atoms with van der Waals surface area (Å²) in [6.45, 7) is 0. The molecule has 0 saturated carbocycles. The first-order chi connectivity index (χ1) is 6.96. The number of carbonyl (C=O) groups excluding carboxylic acids is 1. The number of nitrogens with zero attached hydrogens (tertiary/aromatic N) is 1. The molecule has 1 fully saturated rings. The molecule has 0 aromatic carbocycles. The molecule has 0 unspecified atom stereocenters. The second-order valence-electron chi connectivity index (χ2n) is 3.23. The lowest BCUT2D eigenvalue weighted by molar-refractivity contribution is 0.0937. The van der Waals surface area contributed by atoms with Crippen molar-refractivity contribution in [1.29, 1.82) is 0 Å². The molecule has 1 aromatic rings. The lowest BCUT2D eigenvalue weighted by atomic mass is 10.3. The van der Waals surface area contributed by atoms with Crippen LogP contribution in [0.3, 0.4) is 0 Å². The minimum Gasteiger partial charge on any atom is -0.346 e. The molecule has 0 atom stereocenters. The molecule has 2 rings (SSSR count). The van der Waals surface area contributed by atoms with E-state index < -0.39 is 9.84 Å². The average molecular weight is 267 g/mol. The van der Waals surface area contributed by atoms with E-state index in [1.165, 1.54) is 5.38 Å². The molecule has 0 spiro atoms. The van der Waals surface area contributed by atoms with Crippen LogP contribution in [0.5, 0.6) is 0 Å². The maximum atomic E-state index is 11.5. The third-order valence-corrected chi connectivity index (χ3v) is 4.75. The van der Waals surface area contributed by atoms with E-state index in [0.29, 0.717) is 4.47 Å². The normalized spacial score (nSPS) is 19.5. The van der Waals surface area contributed by atoms with Crippen molar-refractivity contribution >= 4 is 38.7 Å². The minimum atomic E-state index is -2.91. The number of nitrogens with one attached hydrogen (secondary N) is 1. The van der Waals surface area contributed by atoms with Crippen LogP contribution in [-0.4, -0.2) is 36.9 Å². The van der Waals surface area contributed by atoms with Crippen molar-refractivity contribution in [3.05, 3.63) is 15.5 Å². The van der Waals surface area contributed by atoms with Crippen LogP contribution in [0.25, 0.3) is 0 Å². The Hall–Kier alpha value is -0.660. The highest BCUT2D eigenvalue weighted by molar-refractivity contribution is 7.92. The SMILES string of the molecule is O=C(NC1CS(=O)(=O)C1)c1csc(Cl)n1. The zero-order chi connectivity index (χ0) is 11.1. The number of hydrogen-bond acceptors (Lipinski definition) is 5. The van der Waals surface area contributed by atoms with Crippen LogP contribution >= 0.6 is 22.9 Å². The van der Waals surface area contributed by atoms with E-state index in [1.807, 2.05) is 0 Å². The Labute approximate surface area is 95.4 Å². The number of sulfone groups is 1. The van der Waals surface area contributed by atoms with Crippen molar-refractivity contribution in [1.82, 2.24) is 10.3 Å². The van der Waals surface area contributed by atoms with Crippen LogP contribution < -0.4 is 5.32 Å². The van der Waals surface area contributed by atoms with Gasteiger partial charge in [-0.05, 0) is 0 Å². The number of thiazole rings is 1. The Kier molecular flexibility index (Phi) is 2.70. The summed E-state index contributed by atoms with van der Waals surface area (Å²) < 4.78 is 22.0. The summed E-state index contributed by atoms with van der Waals surface area (Å²) >= 11 is 6.73. The van der Waals surface area contributed by atoms with Gasteiger partial charge in [0, 0.05) is 5.38 Å². The maximum absolute atomic E-state index is 11.5. The Morgan fingerprint density at radius 3 is 2.73 bits per heavy atom. The van der Waals surface area contributed by atoms with Gasteiger partial charge in [0.1, 0.15) is 5.69 Å². The molecule has 82 valence electrons. The predicted octanol–water partition coefficient (Wildman–Crippen LogP) is 0.323. The van der Waals surface area contributed by atoms with Gasteiger partial charge in [0.2, 0.25) is 0 Å². The number of rotatable bonds is 2. The van der Waals surface area contributed by atoms with Gasteiger partial charge in [-0.1, -0.05) is 11.6 Å². The predicted molar refractivity (Wildman–Crippen MR) is 57.0 cm³/mol. The van der Waals surface area contributed by atoms with Crippen molar-refractivity contribution in [2.45, 2.75) is 6.04 Å². The number of halogens is 1. The van der Waals surface area contributed by atoms with E-state index in [0.717, 1.165) is 11.3 Å².